The third kappa shape index (κ3) is 3.26. The van der Waals surface area contributed by atoms with Crippen molar-refractivity contribution in [2.75, 3.05) is 11.9 Å². The number of nitrogens with one attached hydrogen (secondary N) is 1. The van der Waals surface area contributed by atoms with E-state index in [1.165, 1.54) is 32.1 Å². The molecule has 0 atom stereocenters. The van der Waals surface area contributed by atoms with Gasteiger partial charge in [0, 0.05) is 11.0 Å². The van der Waals surface area contributed by atoms with E-state index in [0.717, 1.165) is 16.7 Å². The van der Waals surface area contributed by atoms with E-state index in [4.69, 9.17) is 5.26 Å². The van der Waals surface area contributed by atoms with Gasteiger partial charge in [-0.3, -0.25) is 0 Å². The standard InChI is InChI=1S/C15H19BrN2/c1-15(7-3-2-4-8-15)11-18-14-6-5-13(16)9-12(14)10-17/h5-6,9,18H,2-4,7-8,11H2,1H3. The molecule has 0 unspecified atom stereocenters. The van der Waals surface area contributed by atoms with Gasteiger partial charge < -0.3 is 5.32 Å². The maximum absolute atomic E-state index is 9.13. The molecule has 0 amide bonds. The highest BCUT2D eigenvalue weighted by atomic mass is 79.9. The Morgan fingerprint density at radius 3 is 2.72 bits per heavy atom. The highest BCUT2D eigenvalue weighted by Crippen LogP contribution is 2.36. The first kappa shape index (κ1) is 13.4. The highest BCUT2D eigenvalue weighted by molar-refractivity contribution is 9.10. The molecule has 1 N–H and O–H groups in total. The van der Waals surface area contributed by atoms with Gasteiger partial charge in [0.25, 0.3) is 0 Å². The lowest BCUT2D eigenvalue weighted by Gasteiger charge is -2.34. The van der Waals surface area contributed by atoms with Crippen LogP contribution < -0.4 is 5.32 Å². The number of halogens is 1. The molecule has 0 radical (unpaired) electrons. The first-order chi connectivity index (χ1) is 8.63. The second kappa shape index (κ2) is 5.75. The summed E-state index contributed by atoms with van der Waals surface area (Å²) < 4.78 is 0.952. The molecule has 0 spiro atoms. The molecule has 1 aliphatic rings. The van der Waals surface area contributed by atoms with Crippen molar-refractivity contribution >= 4 is 21.6 Å². The van der Waals surface area contributed by atoms with Crippen molar-refractivity contribution in [1.29, 1.82) is 5.26 Å². The predicted molar refractivity (Wildman–Crippen MR) is 78.5 cm³/mol. The zero-order chi connectivity index (χ0) is 13.0. The Hall–Kier alpha value is -1.01. The second-order valence-corrected chi connectivity index (χ2v) is 6.44. The quantitative estimate of drug-likeness (QED) is 0.878. The van der Waals surface area contributed by atoms with Crippen molar-refractivity contribution in [3.8, 4) is 6.07 Å². The van der Waals surface area contributed by atoms with E-state index < -0.39 is 0 Å². The summed E-state index contributed by atoms with van der Waals surface area (Å²) in [7, 11) is 0. The Morgan fingerprint density at radius 1 is 1.33 bits per heavy atom. The minimum absolute atomic E-state index is 0.387. The summed E-state index contributed by atoms with van der Waals surface area (Å²) in [6.07, 6.45) is 6.63. The predicted octanol–water partition coefficient (Wildman–Crippen LogP) is 4.70. The van der Waals surface area contributed by atoms with E-state index in [9.17, 15) is 0 Å². The van der Waals surface area contributed by atoms with Crippen molar-refractivity contribution in [2.45, 2.75) is 39.0 Å². The molecule has 0 bridgehead atoms. The van der Waals surface area contributed by atoms with Crippen LogP contribution in [0.15, 0.2) is 22.7 Å². The molecule has 3 heteroatoms. The minimum atomic E-state index is 0.387. The summed E-state index contributed by atoms with van der Waals surface area (Å²) in [5, 5.41) is 12.6. The molecule has 18 heavy (non-hydrogen) atoms. The molecular weight excluding hydrogens is 288 g/mol. The van der Waals surface area contributed by atoms with Gasteiger partial charge in [-0.1, -0.05) is 42.1 Å². The number of nitriles is 1. The Kier molecular flexibility index (Phi) is 4.29. The fourth-order valence-corrected chi connectivity index (χ4v) is 3.01. The van der Waals surface area contributed by atoms with Crippen LogP contribution in [0.4, 0.5) is 5.69 Å². The van der Waals surface area contributed by atoms with Crippen LogP contribution in [0.25, 0.3) is 0 Å². The third-order valence-corrected chi connectivity index (χ3v) is 4.36. The average molecular weight is 307 g/mol. The van der Waals surface area contributed by atoms with Crippen molar-refractivity contribution in [1.82, 2.24) is 0 Å². The van der Waals surface area contributed by atoms with E-state index in [1.54, 1.807) is 0 Å². The maximum Gasteiger partial charge on any atom is 0.101 e. The molecule has 1 fully saturated rings. The van der Waals surface area contributed by atoms with Crippen LogP contribution >= 0.6 is 15.9 Å². The van der Waals surface area contributed by atoms with E-state index in [1.807, 2.05) is 18.2 Å². The Morgan fingerprint density at radius 2 is 2.06 bits per heavy atom. The van der Waals surface area contributed by atoms with Crippen LogP contribution in [0.2, 0.25) is 0 Å². The van der Waals surface area contributed by atoms with Crippen LogP contribution in [0.1, 0.15) is 44.6 Å². The van der Waals surface area contributed by atoms with Crippen LogP contribution in [-0.2, 0) is 0 Å². The van der Waals surface area contributed by atoms with Crippen LogP contribution in [0.3, 0.4) is 0 Å². The summed E-state index contributed by atoms with van der Waals surface area (Å²) in [6, 6.07) is 8.07. The van der Waals surface area contributed by atoms with Crippen LogP contribution in [0.5, 0.6) is 0 Å². The van der Waals surface area contributed by atoms with Gasteiger partial charge in [-0.2, -0.15) is 5.26 Å². The first-order valence-corrected chi connectivity index (χ1v) is 7.36. The molecule has 1 saturated carbocycles. The summed E-state index contributed by atoms with van der Waals surface area (Å²) >= 11 is 3.40. The zero-order valence-electron chi connectivity index (χ0n) is 10.8. The first-order valence-electron chi connectivity index (χ1n) is 6.56. The number of hydrogen-bond donors (Lipinski definition) is 1. The molecular formula is C15H19BrN2. The largest absolute Gasteiger partial charge is 0.383 e. The number of benzene rings is 1. The molecule has 1 aromatic rings. The highest BCUT2D eigenvalue weighted by Gasteiger charge is 2.26. The van der Waals surface area contributed by atoms with E-state index in [-0.39, 0.29) is 0 Å². The molecule has 0 saturated heterocycles. The van der Waals surface area contributed by atoms with Gasteiger partial charge in [-0.15, -0.1) is 0 Å². The number of hydrogen-bond acceptors (Lipinski definition) is 2. The molecule has 2 nitrogen and oxygen atoms in total. The molecule has 1 aliphatic carbocycles. The lowest BCUT2D eigenvalue weighted by atomic mass is 9.75. The van der Waals surface area contributed by atoms with E-state index in [0.29, 0.717) is 11.0 Å². The van der Waals surface area contributed by atoms with Crippen LogP contribution in [-0.4, -0.2) is 6.54 Å². The fraction of sp³-hybridized carbons (Fsp3) is 0.533. The van der Waals surface area contributed by atoms with Gasteiger partial charge >= 0.3 is 0 Å². The van der Waals surface area contributed by atoms with Gasteiger partial charge in [-0.05, 0) is 36.5 Å². The van der Waals surface area contributed by atoms with Gasteiger partial charge in [0.2, 0.25) is 0 Å². The van der Waals surface area contributed by atoms with Gasteiger partial charge in [0.1, 0.15) is 6.07 Å². The molecule has 2 rings (SSSR count). The lowest BCUT2D eigenvalue weighted by molar-refractivity contribution is 0.233. The van der Waals surface area contributed by atoms with Gasteiger partial charge in [-0.25, -0.2) is 0 Å². The zero-order valence-corrected chi connectivity index (χ0v) is 12.4. The van der Waals surface area contributed by atoms with Crippen molar-refractivity contribution < 1.29 is 0 Å². The minimum Gasteiger partial charge on any atom is -0.383 e. The smallest absolute Gasteiger partial charge is 0.101 e. The number of anilines is 1. The third-order valence-electron chi connectivity index (χ3n) is 3.87. The number of rotatable bonds is 3. The topological polar surface area (TPSA) is 35.8 Å². The molecule has 96 valence electrons. The van der Waals surface area contributed by atoms with Crippen molar-refractivity contribution in [3.05, 3.63) is 28.2 Å². The number of nitrogens with zero attached hydrogens (tertiary/aromatic N) is 1. The molecule has 0 aliphatic heterocycles. The molecule has 0 aromatic heterocycles. The van der Waals surface area contributed by atoms with Gasteiger partial charge in [0.15, 0.2) is 0 Å². The average Bonchev–Trinajstić information content (AvgIpc) is 2.38. The maximum atomic E-state index is 9.13. The van der Waals surface area contributed by atoms with Crippen molar-refractivity contribution in [2.24, 2.45) is 5.41 Å². The van der Waals surface area contributed by atoms with E-state index in [2.05, 4.69) is 34.2 Å². The second-order valence-electron chi connectivity index (χ2n) is 5.53. The summed E-state index contributed by atoms with van der Waals surface area (Å²) in [4.78, 5) is 0. The Bertz CT molecular complexity index is 456. The fourth-order valence-electron chi connectivity index (χ4n) is 2.65. The van der Waals surface area contributed by atoms with E-state index >= 15 is 0 Å². The Balaban J connectivity index is 2.04. The van der Waals surface area contributed by atoms with Gasteiger partial charge in [0.05, 0.1) is 11.3 Å². The SMILES string of the molecule is CC1(CNc2ccc(Br)cc2C#N)CCCCC1. The normalized spacial score (nSPS) is 18.1. The van der Waals surface area contributed by atoms with Crippen molar-refractivity contribution in [3.63, 3.8) is 0 Å². The lowest BCUT2D eigenvalue weighted by Crippen LogP contribution is -2.29. The summed E-state index contributed by atoms with van der Waals surface area (Å²) in [5.74, 6) is 0. The Labute approximate surface area is 118 Å². The molecule has 0 heterocycles. The summed E-state index contributed by atoms with van der Waals surface area (Å²) in [5.41, 5.74) is 2.05. The van der Waals surface area contributed by atoms with Crippen LogP contribution in [0, 0.1) is 16.7 Å². The monoisotopic (exact) mass is 306 g/mol. The molecule has 1 aromatic carbocycles. The summed E-state index contributed by atoms with van der Waals surface area (Å²) in [6.45, 7) is 3.31.